The quantitative estimate of drug-likeness (QED) is 0.853. The van der Waals surface area contributed by atoms with E-state index in [0.29, 0.717) is 5.02 Å². The first-order valence-corrected chi connectivity index (χ1v) is 8.17. The molecule has 2 aromatic rings. The van der Waals surface area contributed by atoms with E-state index < -0.39 is 0 Å². The predicted octanol–water partition coefficient (Wildman–Crippen LogP) is 5.02. The second kappa shape index (κ2) is 6.39. The van der Waals surface area contributed by atoms with Crippen molar-refractivity contribution in [1.29, 1.82) is 0 Å². The summed E-state index contributed by atoms with van der Waals surface area (Å²) in [5.74, 6) is 0.813. The van der Waals surface area contributed by atoms with Crippen molar-refractivity contribution < 1.29 is 4.74 Å². The normalized spacial score (nSPS) is 13.2. The van der Waals surface area contributed by atoms with E-state index in [0.717, 1.165) is 11.3 Å². The highest BCUT2D eigenvalue weighted by Gasteiger charge is 2.22. The average molecular weight is 324 g/mol. The molecular formula is C17H22ClNOS. The molecule has 0 aliphatic heterocycles. The van der Waals surface area contributed by atoms with Gasteiger partial charge >= 0.3 is 0 Å². The summed E-state index contributed by atoms with van der Waals surface area (Å²) >= 11 is 7.90. The molecule has 1 N–H and O–H groups in total. The third-order valence-corrected chi connectivity index (χ3v) is 5.26. The summed E-state index contributed by atoms with van der Waals surface area (Å²) in [6.07, 6.45) is 0. The van der Waals surface area contributed by atoms with Crippen molar-refractivity contribution in [2.75, 3.05) is 14.2 Å². The van der Waals surface area contributed by atoms with Gasteiger partial charge in [-0.2, -0.15) is 0 Å². The summed E-state index contributed by atoms with van der Waals surface area (Å²) in [4.78, 5) is 2.66. The highest BCUT2D eigenvalue weighted by molar-refractivity contribution is 7.12. The van der Waals surface area contributed by atoms with Crippen LogP contribution in [0.1, 0.15) is 42.1 Å². The Kier molecular flexibility index (Phi) is 4.97. The largest absolute Gasteiger partial charge is 0.496 e. The van der Waals surface area contributed by atoms with Crippen LogP contribution in [0.4, 0.5) is 0 Å². The van der Waals surface area contributed by atoms with Gasteiger partial charge in [-0.25, -0.2) is 0 Å². The number of nitrogens with one attached hydrogen (secondary N) is 1. The van der Waals surface area contributed by atoms with Gasteiger partial charge in [-0.15, -0.1) is 11.3 Å². The zero-order valence-electron chi connectivity index (χ0n) is 13.2. The first kappa shape index (κ1) is 16.3. The molecule has 0 saturated heterocycles. The Morgan fingerprint density at radius 3 is 2.43 bits per heavy atom. The monoisotopic (exact) mass is 323 g/mol. The summed E-state index contributed by atoms with van der Waals surface area (Å²) in [6.45, 7) is 6.71. The van der Waals surface area contributed by atoms with E-state index in [-0.39, 0.29) is 11.5 Å². The molecule has 0 aliphatic carbocycles. The summed E-state index contributed by atoms with van der Waals surface area (Å²) in [5.41, 5.74) is 1.28. The number of thiophene rings is 1. The highest BCUT2D eigenvalue weighted by Crippen LogP contribution is 2.37. The van der Waals surface area contributed by atoms with Crippen molar-refractivity contribution in [1.82, 2.24) is 5.32 Å². The number of halogens is 1. The molecule has 2 rings (SSSR count). The molecule has 0 aliphatic rings. The van der Waals surface area contributed by atoms with Crippen molar-refractivity contribution >= 4 is 22.9 Å². The van der Waals surface area contributed by atoms with Crippen molar-refractivity contribution in [2.24, 2.45) is 0 Å². The third kappa shape index (κ3) is 3.60. The van der Waals surface area contributed by atoms with E-state index in [1.54, 1.807) is 7.11 Å². The summed E-state index contributed by atoms with van der Waals surface area (Å²) in [5, 5.41) is 4.07. The van der Waals surface area contributed by atoms with Gasteiger partial charge < -0.3 is 10.1 Å². The molecule has 0 radical (unpaired) electrons. The maximum Gasteiger partial charge on any atom is 0.125 e. The van der Waals surface area contributed by atoms with Gasteiger partial charge in [-0.05, 0) is 36.7 Å². The Morgan fingerprint density at radius 1 is 1.19 bits per heavy atom. The number of hydrogen-bond donors (Lipinski definition) is 1. The summed E-state index contributed by atoms with van der Waals surface area (Å²) < 4.78 is 5.48. The first-order valence-electron chi connectivity index (χ1n) is 6.97. The number of hydrogen-bond acceptors (Lipinski definition) is 3. The van der Waals surface area contributed by atoms with Crippen LogP contribution in [0.3, 0.4) is 0 Å². The number of ether oxygens (including phenoxy) is 1. The van der Waals surface area contributed by atoms with E-state index in [2.05, 4.69) is 38.2 Å². The highest BCUT2D eigenvalue weighted by atomic mass is 35.5. The van der Waals surface area contributed by atoms with Crippen molar-refractivity contribution in [3.05, 3.63) is 50.7 Å². The minimum atomic E-state index is 0.110. The molecule has 1 heterocycles. The third-order valence-electron chi connectivity index (χ3n) is 3.45. The van der Waals surface area contributed by atoms with Gasteiger partial charge in [0.2, 0.25) is 0 Å². The Hall–Kier alpha value is -1.03. The van der Waals surface area contributed by atoms with Crippen LogP contribution in [0, 0.1) is 0 Å². The molecule has 0 fully saturated rings. The van der Waals surface area contributed by atoms with Crippen LogP contribution in [0.2, 0.25) is 5.02 Å². The predicted molar refractivity (Wildman–Crippen MR) is 91.9 cm³/mol. The van der Waals surface area contributed by atoms with E-state index in [1.165, 1.54) is 9.75 Å². The standard InChI is InChI=1S/C17H22ClNOS/c1-17(2,3)15-9-8-14(21-15)16(19-4)12-7-6-11(18)10-13(12)20-5/h6-10,16,19H,1-5H3. The summed E-state index contributed by atoms with van der Waals surface area (Å²) in [6, 6.07) is 10.3. The first-order chi connectivity index (χ1) is 9.86. The van der Waals surface area contributed by atoms with Crippen LogP contribution in [-0.2, 0) is 5.41 Å². The van der Waals surface area contributed by atoms with Crippen LogP contribution >= 0.6 is 22.9 Å². The van der Waals surface area contributed by atoms with Gasteiger partial charge in [-0.3, -0.25) is 0 Å². The lowest BCUT2D eigenvalue weighted by Crippen LogP contribution is -2.17. The number of methoxy groups -OCH3 is 1. The van der Waals surface area contributed by atoms with Crippen LogP contribution in [0.15, 0.2) is 30.3 Å². The lowest BCUT2D eigenvalue weighted by molar-refractivity contribution is 0.406. The van der Waals surface area contributed by atoms with Gasteiger partial charge in [-0.1, -0.05) is 38.4 Å². The molecule has 0 spiro atoms. The number of rotatable bonds is 4. The minimum absolute atomic E-state index is 0.110. The lowest BCUT2D eigenvalue weighted by Gasteiger charge is -2.19. The molecule has 0 bridgehead atoms. The van der Waals surface area contributed by atoms with Crippen molar-refractivity contribution in [2.45, 2.75) is 32.2 Å². The van der Waals surface area contributed by atoms with E-state index in [1.807, 2.05) is 36.6 Å². The molecular weight excluding hydrogens is 302 g/mol. The molecule has 0 saturated carbocycles. The topological polar surface area (TPSA) is 21.3 Å². The fraction of sp³-hybridized carbons (Fsp3) is 0.412. The van der Waals surface area contributed by atoms with Gasteiger partial charge in [0.05, 0.1) is 13.2 Å². The Bertz CT molecular complexity index is 615. The maximum absolute atomic E-state index is 6.06. The van der Waals surface area contributed by atoms with E-state index in [4.69, 9.17) is 16.3 Å². The van der Waals surface area contributed by atoms with Gasteiger partial charge in [0.25, 0.3) is 0 Å². The average Bonchev–Trinajstić information content (AvgIpc) is 2.90. The van der Waals surface area contributed by atoms with E-state index in [9.17, 15) is 0 Å². The fourth-order valence-corrected chi connectivity index (χ4v) is 3.64. The van der Waals surface area contributed by atoms with Crippen LogP contribution < -0.4 is 10.1 Å². The Labute approximate surface area is 136 Å². The molecule has 4 heteroatoms. The van der Waals surface area contributed by atoms with Crippen molar-refractivity contribution in [3.8, 4) is 5.75 Å². The van der Waals surface area contributed by atoms with Gasteiger partial charge in [0.15, 0.2) is 0 Å². The van der Waals surface area contributed by atoms with Crippen LogP contribution in [0.25, 0.3) is 0 Å². The lowest BCUT2D eigenvalue weighted by atomic mass is 9.95. The maximum atomic E-state index is 6.06. The second-order valence-corrected chi connectivity index (χ2v) is 7.61. The molecule has 1 atom stereocenters. The fourth-order valence-electron chi connectivity index (χ4n) is 2.29. The molecule has 21 heavy (non-hydrogen) atoms. The van der Waals surface area contributed by atoms with Crippen molar-refractivity contribution in [3.63, 3.8) is 0 Å². The SMILES string of the molecule is CNC(c1ccc(C(C)(C)C)s1)c1ccc(Cl)cc1OC. The molecule has 1 unspecified atom stereocenters. The molecule has 2 nitrogen and oxygen atoms in total. The van der Waals surface area contributed by atoms with Crippen LogP contribution in [0.5, 0.6) is 5.75 Å². The second-order valence-electron chi connectivity index (χ2n) is 6.06. The van der Waals surface area contributed by atoms with Crippen LogP contribution in [-0.4, -0.2) is 14.2 Å². The molecule has 114 valence electrons. The molecule has 1 aromatic heterocycles. The Morgan fingerprint density at radius 2 is 1.90 bits per heavy atom. The Balaban J connectivity index is 2.42. The zero-order valence-corrected chi connectivity index (χ0v) is 14.7. The van der Waals surface area contributed by atoms with Gasteiger partial charge in [0.1, 0.15) is 5.75 Å². The summed E-state index contributed by atoms with van der Waals surface area (Å²) in [7, 11) is 3.64. The van der Waals surface area contributed by atoms with E-state index >= 15 is 0 Å². The smallest absolute Gasteiger partial charge is 0.125 e. The molecule has 1 aromatic carbocycles. The zero-order chi connectivity index (χ0) is 15.6. The minimum Gasteiger partial charge on any atom is -0.496 e. The number of benzene rings is 1. The molecule has 0 amide bonds. The van der Waals surface area contributed by atoms with Gasteiger partial charge in [0, 0.05) is 20.3 Å².